The average molecular weight is 427 g/mol. The zero-order valence-electron chi connectivity index (χ0n) is 17.5. The van der Waals surface area contributed by atoms with Gasteiger partial charge in [0.1, 0.15) is 11.5 Å². The first-order valence-corrected chi connectivity index (χ1v) is 10.3. The van der Waals surface area contributed by atoms with Gasteiger partial charge in [-0.1, -0.05) is 12.1 Å². The SMILES string of the molecule is CNC(=O)COc1ccc(Nc2nc(-c3ccc4c(c3)CC(=O)C4)cn3ccnc23)cc1. The quantitative estimate of drug-likeness (QED) is 0.491. The molecule has 4 aromatic rings. The van der Waals surface area contributed by atoms with Crippen LogP contribution in [-0.2, 0) is 22.4 Å². The highest BCUT2D eigenvalue weighted by atomic mass is 16.5. The van der Waals surface area contributed by atoms with Crippen molar-refractivity contribution < 1.29 is 14.3 Å². The molecule has 0 saturated carbocycles. The Balaban J connectivity index is 1.42. The number of aromatic nitrogens is 3. The molecule has 2 N–H and O–H groups in total. The number of fused-ring (bicyclic) bond motifs is 2. The molecule has 0 spiro atoms. The molecule has 2 aromatic carbocycles. The van der Waals surface area contributed by atoms with Crippen LogP contribution in [0.4, 0.5) is 11.5 Å². The zero-order valence-corrected chi connectivity index (χ0v) is 17.5. The fourth-order valence-electron chi connectivity index (χ4n) is 3.76. The van der Waals surface area contributed by atoms with Crippen LogP contribution in [0.15, 0.2) is 61.1 Å². The number of hydrogen-bond donors (Lipinski definition) is 2. The number of anilines is 2. The van der Waals surface area contributed by atoms with Crippen molar-refractivity contribution in [2.24, 2.45) is 0 Å². The van der Waals surface area contributed by atoms with Crippen LogP contribution in [-0.4, -0.2) is 39.7 Å². The predicted molar refractivity (Wildman–Crippen MR) is 120 cm³/mol. The number of rotatable bonds is 6. The maximum absolute atomic E-state index is 11.8. The van der Waals surface area contributed by atoms with Crippen molar-refractivity contribution in [3.63, 3.8) is 0 Å². The van der Waals surface area contributed by atoms with Gasteiger partial charge in [0.25, 0.3) is 5.91 Å². The molecule has 0 aliphatic heterocycles. The lowest BCUT2D eigenvalue weighted by Gasteiger charge is -2.11. The van der Waals surface area contributed by atoms with Crippen molar-refractivity contribution in [3.8, 4) is 17.0 Å². The third-order valence-electron chi connectivity index (χ3n) is 5.42. The lowest BCUT2D eigenvalue weighted by molar-refractivity contribution is -0.122. The van der Waals surface area contributed by atoms with Gasteiger partial charge in [0.05, 0.1) is 5.69 Å². The topological polar surface area (TPSA) is 97.6 Å². The molecule has 1 amide bonds. The van der Waals surface area contributed by atoms with Crippen molar-refractivity contribution in [1.29, 1.82) is 0 Å². The van der Waals surface area contributed by atoms with Crippen LogP contribution in [0.1, 0.15) is 11.1 Å². The van der Waals surface area contributed by atoms with Gasteiger partial charge in [-0.25, -0.2) is 9.97 Å². The first-order valence-electron chi connectivity index (χ1n) is 10.3. The number of ketones is 1. The van der Waals surface area contributed by atoms with Gasteiger partial charge in [-0.3, -0.25) is 9.59 Å². The Labute approximate surface area is 184 Å². The highest BCUT2D eigenvalue weighted by molar-refractivity contribution is 5.88. The van der Waals surface area contributed by atoms with Crippen molar-refractivity contribution >= 4 is 28.8 Å². The van der Waals surface area contributed by atoms with Gasteiger partial charge >= 0.3 is 0 Å². The van der Waals surface area contributed by atoms with Crippen LogP contribution in [0, 0.1) is 0 Å². The highest BCUT2D eigenvalue weighted by Crippen LogP contribution is 2.29. The Morgan fingerprint density at radius 3 is 2.75 bits per heavy atom. The minimum atomic E-state index is -0.189. The summed E-state index contributed by atoms with van der Waals surface area (Å²) in [6.45, 7) is -0.0338. The number of nitrogens with zero attached hydrogens (tertiary/aromatic N) is 3. The molecule has 0 bridgehead atoms. The van der Waals surface area contributed by atoms with E-state index in [0.29, 0.717) is 30.1 Å². The van der Waals surface area contributed by atoms with Gasteiger partial charge in [-0.2, -0.15) is 0 Å². The number of imidazole rings is 1. The normalized spacial score (nSPS) is 12.6. The van der Waals surface area contributed by atoms with Crippen molar-refractivity contribution in [3.05, 3.63) is 72.2 Å². The minimum absolute atomic E-state index is 0.0338. The standard InChI is InChI=1S/C24H21N5O3/c1-25-22(31)14-32-20-6-4-18(5-7-20)27-23-24-26-8-9-29(24)13-21(28-23)16-3-2-15-11-19(30)12-17(15)10-16/h2-10,13H,11-12,14H2,1H3,(H,25,31)(H,27,28). The van der Waals surface area contributed by atoms with Gasteiger partial charge in [-0.05, 0) is 41.5 Å². The van der Waals surface area contributed by atoms with Crippen LogP contribution in [0.2, 0.25) is 0 Å². The molecule has 5 rings (SSSR count). The molecule has 32 heavy (non-hydrogen) atoms. The number of likely N-dealkylation sites (N-methyl/N-ethyl adjacent to an activating group) is 1. The Hall–Kier alpha value is -4.20. The number of ether oxygens (including phenoxy) is 1. The van der Waals surface area contributed by atoms with Crippen LogP contribution in [0.25, 0.3) is 16.9 Å². The molecule has 0 atom stereocenters. The predicted octanol–water partition coefficient (Wildman–Crippen LogP) is 2.93. The minimum Gasteiger partial charge on any atom is -0.484 e. The third-order valence-corrected chi connectivity index (χ3v) is 5.42. The molecule has 2 aromatic heterocycles. The summed E-state index contributed by atoms with van der Waals surface area (Å²) < 4.78 is 7.37. The Kier molecular flexibility index (Phi) is 5.03. The Bertz CT molecular complexity index is 1330. The van der Waals surface area contributed by atoms with E-state index in [1.54, 1.807) is 25.4 Å². The van der Waals surface area contributed by atoms with Crippen LogP contribution in [0.3, 0.4) is 0 Å². The van der Waals surface area contributed by atoms with E-state index in [-0.39, 0.29) is 18.3 Å². The van der Waals surface area contributed by atoms with Crippen molar-refractivity contribution in [2.75, 3.05) is 19.0 Å². The van der Waals surface area contributed by atoms with E-state index in [2.05, 4.69) is 15.6 Å². The van der Waals surface area contributed by atoms with Crippen LogP contribution >= 0.6 is 0 Å². The Morgan fingerprint density at radius 1 is 1.12 bits per heavy atom. The number of carbonyl (C=O) groups excluding carboxylic acids is 2. The summed E-state index contributed by atoms with van der Waals surface area (Å²) in [5.41, 5.74) is 5.42. The summed E-state index contributed by atoms with van der Waals surface area (Å²) in [6.07, 6.45) is 6.53. The highest BCUT2D eigenvalue weighted by Gasteiger charge is 2.19. The molecule has 160 valence electrons. The molecule has 0 radical (unpaired) electrons. The maximum atomic E-state index is 11.8. The second kappa shape index (κ2) is 8.14. The molecule has 8 heteroatoms. The summed E-state index contributed by atoms with van der Waals surface area (Å²) in [5, 5.41) is 5.84. The summed E-state index contributed by atoms with van der Waals surface area (Å²) in [6, 6.07) is 13.4. The fourth-order valence-corrected chi connectivity index (χ4v) is 3.76. The van der Waals surface area contributed by atoms with Crippen molar-refractivity contribution in [1.82, 2.24) is 19.7 Å². The first kappa shape index (κ1) is 19.7. The van der Waals surface area contributed by atoms with E-state index in [0.717, 1.165) is 28.1 Å². The summed E-state index contributed by atoms with van der Waals surface area (Å²) >= 11 is 0. The van der Waals surface area contributed by atoms with E-state index in [4.69, 9.17) is 9.72 Å². The second-order valence-corrected chi connectivity index (χ2v) is 7.62. The second-order valence-electron chi connectivity index (χ2n) is 7.62. The number of Topliss-reactive ketones (excluding diaryl/α,β-unsaturated/α-hetero) is 1. The molecule has 1 aliphatic carbocycles. The van der Waals surface area contributed by atoms with E-state index in [1.807, 2.05) is 47.1 Å². The monoisotopic (exact) mass is 427 g/mol. The first-order chi connectivity index (χ1) is 15.6. The summed E-state index contributed by atoms with van der Waals surface area (Å²) in [4.78, 5) is 32.4. The molecule has 0 fully saturated rings. The van der Waals surface area contributed by atoms with Crippen LogP contribution in [0.5, 0.6) is 5.75 Å². The smallest absolute Gasteiger partial charge is 0.257 e. The molecular formula is C24H21N5O3. The van der Waals surface area contributed by atoms with E-state index >= 15 is 0 Å². The maximum Gasteiger partial charge on any atom is 0.257 e. The van der Waals surface area contributed by atoms with Gasteiger partial charge < -0.3 is 19.8 Å². The van der Waals surface area contributed by atoms with Crippen LogP contribution < -0.4 is 15.4 Å². The lowest BCUT2D eigenvalue weighted by atomic mass is 10.0. The Morgan fingerprint density at radius 2 is 1.94 bits per heavy atom. The largest absolute Gasteiger partial charge is 0.484 e. The molecule has 0 saturated heterocycles. The van der Waals surface area contributed by atoms with E-state index in [1.165, 1.54) is 0 Å². The molecular weight excluding hydrogens is 406 g/mol. The number of carbonyl (C=O) groups is 2. The summed E-state index contributed by atoms with van der Waals surface area (Å²) in [5.74, 6) is 1.27. The van der Waals surface area contributed by atoms with Gasteiger partial charge in [0, 0.05) is 49.7 Å². The molecule has 2 heterocycles. The molecule has 1 aliphatic rings. The van der Waals surface area contributed by atoms with Gasteiger partial charge in [0.15, 0.2) is 18.1 Å². The molecule has 8 nitrogen and oxygen atoms in total. The van der Waals surface area contributed by atoms with E-state index in [9.17, 15) is 9.59 Å². The average Bonchev–Trinajstić information content (AvgIpc) is 3.43. The number of nitrogens with one attached hydrogen (secondary N) is 2. The number of amides is 1. The summed E-state index contributed by atoms with van der Waals surface area (Å²) in [7, 11) is 1.57. The lowest BCUT2D eigenvalue weighted by Crippen LogP contribution is -2.24. The molecule has 0 unspecified atom stereocenters. The van der Waals surface area contributed by atoms with Gasteiger partial charge in [-0.15, -0.1) is 0 Å². The number of benzene rings is 2. The fraction of sp³-hybridized carbons (Fsp3) is 0.167. The zero-order chi connectivity index (χ0) is 22.1. The van der Waals surface area contributed by atoms with E-state index < -0.39 is 0 Å². The third kappa shape index (κ3) is 3.90. The number of hydrogen-bond acceptors (Lipinski definition) is 6. The van der Waals surface area contributed by atoms with Gasteiger partial charge in [0.2, 0.25) is 0 Å². The van der Waals surface area contributed by atoms with Crippen molar-refractivity contribution in [2.45, 2.75) is 12.8 Å².